The van der Waals surface area contributed by atoms with Crippen LogP contribution in [-0.2, 0) is 4.79 Å². The average Bonchev–Trinajstić information content (AvgIpc) is 2.74. The fourth-order valence-electron chi connectivity index (χ4n) is 3.26. The summed E-state index contributed by atoms with van der Waals surface area (Å²) in [5, 5.41) is 6.03. The number of rotatable bonds is 10. The van der Waals surface area contributed by atoms with Crippen LogP contribution in [0.4, 0.5) is 10.1 Å². The highest BCUT2D eigenvalue weighted by Gasteiger charge is 2.16. The topological polar surface area (TPSA) is 50.4 Å². The first-order chi connectivity index (χ1) is 14.4. The van der Waals surface area contributed by atoms with Crippen LogP contribution in [0.3, 0.4) is 0 Å². The molecule has 0 aromatic heterocycles. The molecule has 0 radical (unpaired) electrons. The van der Waals surface area contributed by atoms with Crippen LogP contribution in [0.2, 0.25) is 0 Å². The summed E-state index contributed by atoms with van der Waals surface area (Å²) in [6.45, 7) is 8.69. The van der Waals surface area contributed by atoms with Crippen molar-refractivity contribution in [1.29, 1.82) is 0 Å². The second-order valence-electron chi connectivity index (χ2n) is 7.45. The van der Waals surface area contributed by atoms with Gasteiger partial charge in [0.15, 0.2) is 18.2 Å². The van der Waals surface area contributed by atoms with Crippen molar-refractivity contribution < 1.29 is 13.9 Å². The van der Waals surface area contributed by atoms with E-state index in [-0.39, 0.29) is 18.3 Å². The second kappa shape index (κ2) is 11.4. The van der Waals surface area contributed by atoms with E-state index >= 15 is 0 Å². The van der Waals surface area contributed by atoms with Gasteiger partial charge in [0, 0.05) is 24.8 Å². The predicted octanol–water partition coefficient (Wildman–Crippen LogP) is 5.70. The first-order valence-corrected chi connectivity index (χ1v) is 10.6. The Morgan fingerprint density at radius 2 is 1.90 bits per heavy atom. The Morgan fingerprint density at radius 3 is 2.57 bits per heavy atom. The minimum atomic E-state index is -0.480. The van der Waals surface area contributed by atoms with Gasteiger partial charge in [-0.25, -0.2) is 4.39 Å². The maximum atomic E-state index is 14.4. The molecule has 0 aliphatic rings. The van der Waals surface area contributed by atoms with E-state index in [1.807, 2.05) is 7.05 Å². The SMILES string of the molecule is CCCCNC(=O)COc1cc(C(=C(C)CC)c2cc(C)ccc2NC)ccc1F. The molecule has 0 saturated heterocycles. The number of hydrogen-bond acceptors (Lipinski definition) is 3. The molecule has 0 aliphatic heterocycles. The number of ether oxygens (including phenoxy) is 1. The Kier molecular flexibility index (Phi) is 8.90. The smallest absolute Gasteiger partial charge is 0.257 e. The number of halogens is 1. The third-order valence-corrected chi connectivity index (χ3v) is 5.10. The number of carbonyl (C=O) groups is 1. The lowest BCUT2D eigenvalue weighted by atomic mass is 9.90. The zero-order valence-electron chi connectivity index (χ0n) is 18.7. The molecular weight excluding hydrogens is 379 g/mol. The van der Waals surface area contributed by atoms with E-state index in [0.29, 0.717) is 6.54 Å². The van der Waals surface area contributed by atoms with Gasteiger partial charge >= 0.3 is 0 Å². The number of carbonyl (C=O) groups excluding carboxylic acids is 1. The Morgan fingerprint density at radius 1 is 1.13 bits per heavy atom. The van der Waals surface area contributed by atoms with Gasteiger partial charge in [0.2, 0.25) is 0 Å². The van der Waals surface area contributed by atoms with Gasteiger partial charge < -0.3 is 15.4 Å². The molecule has 0 spiro atoms. The van der Waals surface area contributed by atoms with Crippen molar-refractivity contribution in [2.45, 2.75) is 47.0 Å². The van der Waals surface area contributed by atoms with Crippen molar-refractivity contribution in [3.05, 3.63) is 64.5 Å². The third-order valence-electron chi connectivity index (χ3n) is 5.10. The van der Waals surface area contributed by atoms with E-state index in [1.165, 1.54) is 11.6 Å². The van der Waals surface area contributed by atoms with Crippen molar-refractivity contribution in [1.82, 2.24) is 5.32 Å². The fraction of sp³-hybridized carbons (Fsp3) is 0.400. The molecular formula is C25H33FN2O2. The summed E-state index contributed by atoms with van der Waals surface area (Å²) in [7, 11) is 1.89. The van der Waals surface area contributed by atoms with Gasteiger partial charge in [-0.15, -0.1) is 0 Å². The van der Waals surface area contributed by atoms with Crippen molar-refractivity contribution >= 4 is 17.2 Å². The molecule has 0 heterocycles. The van der Waals surface area contributed by atoms with Crippen LogP contribution in [-0.4, -0.2) is 26.1 Å². The molecule has 2 aromatic rings. The molecule has 30 heavy (non-hydrogen) atoms. The molecule has 0 saturated carbocycles. The Bertz CT molecular complexity index is 906. The highest BCUT2D eigenvalue weighted by atomic mass is 19.1. The average molecular weight is 413 g/mol. The number of benzene rings is 2. The number of hydrogen-bond donors (Lipinski definition) is 2. The van der Waals surface area contributed by atoms with Crippen molar-refractivity contribution in [2.75, 3.05) is 25.5 Å². The van der Waals surface area contributed by atoms with Gasteiger partial charge in [0.1, 0.15) is 0 Å². The predicted molar refractivity (Wildman–Crippen MR) is 123 cm³/mol. The minimum Gasteiger partial charge on any atom is -0.481 e. The molecule has 2 N–H and O–H groups in total. The van der Waals surface area contributed by atoms with Gasteiger partial charge in [-0.2, -0.15) is 0 Å². The van der Waals surface area contributed by atoms with Crippen molar-refractivity contribution in [3.63, 3.8) is 0 Å². The van der Waals surface area contributed by atoms with Gasteiger partial charge in [-0.05, 0) is 62.1 Å². The van der Waals surface area contributed by atoms with Crippen LogP contribution in [0.1, 0.15) is 56.7 Å². The molecule has 162 valence electrons. The minimum absolute atomic E-state index is 0.0817. The molecule has 2 aromatic carbocycles. The number of amides is 1. The van der Waals surface area contributed by atoms with Crippen LogP contribution in [0, 0.1) is 12.7 Å². The first kappa shape index (κ1) is 23.5. The molecule has 2 rings (SSSR count). The van der Waals surface area contributed by atoms with Crippen LogP contribution < -0.4 is 15.4 Å². The lowest BCUT2D eigenvalue weighted by Crippen LogP contribution is -2.29. The van der Waals surface area contributed by atoms with Gasteiger partial charge in [0.25, 0.3) is 5.91 Å². The molecule has 4 nitrogen and oxygen atoms in total. The summed E-state index contributed by atoms with van der Waals surface area (Å²) < 4.78 is 19.9. The monoisotopic (exact) mass is 412 g/mol. The third kappa shape index (κ3) is 6.09. The highest BCUT2D eigenvalue weighted by Crippen LogP contribution is 2.35. The quantitative estimate of drug-likeness (QED) is 0.492. The normalized spacial score (nSPS) is 11.7. The zero-order valence-corrected chi connectivity index (χ0v) is 18.7. The lowest BCUT2D eigenvalue weighted by Gasteiger charge is -2.18. The molecule has 1 amide bonds. The Balaban J connectivity index is 2.37. The maximum absolute atomic E-state index is 14.4. The van der Waals surface area contributed by atoms with E-state index in [0.717, 1.165) is 47.2 Å². The Labute approximate surface area is 179 Å². The number of allylic oxidation sites excluding steroid dienone is 1. The summed E-state index contributed by atoms with van der Waals surface area (Å²) in [5.74, 6) is -0.644. The van der Waals surface area contributed by atoms with E-state index in [4.69, 9.17) is 4.74 Å². The highest BCUT2D eigenvalue weighted by molar-refractivity contribution is 5.88. The fourth-order valence-corrected chi connectivity index (χ4v) is 3.26. The standard InChI is InChI=1S/C25H33FN2O2/c1-6-8-13-28-24(29)16-30-23-15-19(10-11-21(23)26)25(18(4)7-2)20-14-17(3)9-12-22(20)27-5/h9-12,14-15,27H,6-8,13,16H2,1-5H3,(H,28,29). The number of unbranched alkanes of at least 4 members (excludes halogenated alkanes) is 1. The molecule has 0 unspecified atom stereocenters. The van der Waals surface area contributed by atoms with Gasteiger partial charge in [0.05, 0.1) is 0 Å². The summed E-state index contributed by atoms with van der Waals surface area (Å²) in [5.41, 5.74) is 6.30. The van der Waals surface area contributed by atoms with E-state index in [2.05, 4.69) is 56.5 Å². The zero-order chi connectivity index (χ0) is 22.1. The van der Waals surface area contributed by atoms with E-state index < -0.39 is 5.82 Å². The number of anilines is 1. The maximum Gasteiger partial charge on any atom is 0.257 e. The van der Waals surface area contributed by atoms with E-state index in [1.54, 1.807) is 12.1 Å². The van der Waals surface area contributed by atoms with Gasteiger partial charge in [-0.1, -0.05) is 43.5 Å². The van der Waals surface area contributed by atoms with Crippen molar-refractivity contribution in [2.24, 2.45) is 0 Å². The lowest BCUT2D eigenvalue weighted by molar-refractivity contribution is -0.123. The largest absolute Gasteiger partial charge is 0.481 e. The Hall–Kier alpha value is -2.82. The van der Waals surface area contributed by atoms with Gasteiger partial charge in [-0.3, -0.25) is 4.79 Å². The van der Waals surface area contributed by atoms with Crippen LogP contribution in [0.15, 0.2) is 42.0 Å². The summed E-state index contributed by atoms with van der Waals surface area (Å²) in [6, 6.07) is 11.1. The van der Waals surface area contributed by atoms with Crippen LogP contribution in [0.5, 0.6) is 5.75 Å². The molecule has 0 aliphatic carbocycles. The van der Waals surface area contributed by atoms with Crippen LogP contribution >= 0.6 is 0 Å². The van der Waals surface area contributed by atoms with E-state index in [9.17, 15) is 9.18 Å². The second-order valence-corrected chi connectivity index (χ2v) is 7.45. The number of aryl methyl sites for hydroxylation is 1. The number of nitrogens with one attached hydrogen (secondary N) is 2. The molecule has 0 fully saturated rings. The summed E-state index contributed by atoms with van der Waals surface area (Å²) in [6.07, 6.45) is 2.77. The first-order valence-electron chi connectivity index (χ1n) is 10.6. The summed E-state index contributed by atoms with van der Waals surface area (Å²) in [4.78, 5) is 11.9. The van der Waals surface area contributed by atoms with Crippen LogP contribution in [0.25, 0.3) is 5.57 Å². The molecule has 0 atom stereocenters. The molecule has 0 bridgehead atoms. The molecule has 5 heteroatoms. The van der Waals surface area contributed by atoms with Crippen molar-refractivity contribution in [3.8, 4) is 5.75 Å². The summed E-state index contributed by atoms with van der Waals surface area (Å²) >= 11 is 0.